The molecule has 1 aromatic heterocycles. The number of carbonyl (C=O) groups is 1. The first-order valence-electron chi connectivity index (χ1n) is 5.05. The van der Waals surface area contributed by atoms with Crippen LogP contribution in [-0.2, 0) is 0 Å². The maximum Gasteiger partial charge on any atom is 0.586 e. The number of carboxylic acids is 1. The van der Waals surface area contributed by atoms with Crippen LogP contribution >= 0.6 is 0 Å². The molecule has 19 heavy (non-hydrogen) atoms. The van der Waals surface area contributed by atoms with E-state index >= 15 is 0 Å². The van der Waals surface area contributed by atoms with E-state index in [1.165, 1.54) is 24.3 Å². The predicted octanol–water partition coefficient (Wildman–Crippen LogP) is 2.36. The Labute approximate surface area is 104 Å². The summed E-state index contributed by atoms with van der Waals surface area (Å²) in [5.41, 5.74) is 0.565. The van der Waals surface area contributed by atoms with Gasteiger partial charge in [0.25, 0.3) is 0 Å². The molecule has 0 radical (unpaired) electrons. The van der Waals surface area contributed by atoms with Crippen molar-refractivity contribution in [1.29, 1.82) is 0 Å². The van der Waals surface area contributed by atoms with Crippen LogP contribution in [0.15, 0.2) is 28.8 Å². The van der Waals surface area contributed by atoms with E-state index in [0.717, 1.165) is 0 Å². The minimum atomic E-state index is -3.70. The van der Waals surface area contributed by atoms with E-state index in [1.807, 2.05) is 0 Å². The minimum absolute atomic E-state index is 0.101. The monoisotopic (exact) mass is 269 g/mol. The SMILES string of the molecule is O=C(O)c1cc(-c2ccc3c(c2)OC(F)(F)O3)no1. The topological polar surface area (TPSA) is 81.8 Å². The van der Waals surface area contributed by atoms with Crippen molar-refractivity contribution in [1.82, 2.24) is 5.16 Å². The second kappa shape index (κ2) is 3.67. The highest BCUT2D eigenvalue weighted by Gasteiger charge is 2.43. The van der Waals surface area contributed by atoms with Crippen molar-refractivity contribution in [2.24, 2.45) is 0 Å². The molecule has 0 amide bonds. The van der Waals surface area contributed by atoms with E-state index < -0.39 is 12.3 Å². The number of nitrogens with zero attached hydrogens (tertiary/aromatic N) is 1. The number of aromatic carboxylic acids is 1. The molecule has 0 bridgehead atoms. The van der Waals surface area contributed by atoms with Crippen LogP contribution in [0.3, 0.4) is 0 Å². The zero-order valence-electron chi connectivity index (χ0n) is 9.09. The van der Waals surface area contributed by atoms with Crippen LogP contribution in [-0.4, -0.2) is 22.5 Å². The number of hydrogen-bond acceptors (Lipinski definition) is 5. The van der Waals surface area contributed by atoms with E-state index in [4.69, 9.17) is 5.11 Å². The number of benzene rings is 1. The van der Waals surface area contributed by atoms with E-state index in [9.17, 15) is 13.6 Å². The molecule has 1 N–H and O–H groups in total. The van der Waals surface area contributed by atoms with Crippen molar-refractivity contribution < 1.29 is 32.7 Å². The number of rotatable bonds is 2. The Hall–Kier alpha value is -2.64. The predicted molar refractivity (Wildman–Crippen MR) is 55.1 cm³/mol. The van der Waals surface area contributed by atoms with Gasteiger partial charge in [0, 0.05) is 11.6 Å². The lowest BCUT2D eigenvalue weighted by Gasteiger charge is -2.04. The van der Waals surface area contributed by atoms with Crippen molar-refractivity contribution in [2.45, 2.75) is 6.29 Å². The van der Waals surface area contributed by atoms with Gasteiger partial charge in [0.15, 0.2) is 11.5 Å². The number of hydrogen-bond donors (Lipinski definition) is 1. The summed E-state index contributed by atoms with van der Waals surface area (Å²) < 4.78 is 38.7. The van der Waals surface area contributed by atoms with Gasteiger partial charge in [0.2, 0.25) is 5.76 Å². The van der Waals surface area contributed by atoms with Gasteiger partial charge in [-0.1, -0.05) is 5.16 Å². The summed E-state index contributed by atoms with van der Waals surface area (Å²) in [6.45, 7) is 0. The molecule has 2 aromatic rings. The summed E-state index contributed by atoms with van der Waals surface area (Å²) in [5, 5.41) is 12.2. The Morgan fingerprint density at radius 3 is 2.63 bits per heavy atom. The van der Waals surface area contributed by atoms with Gasteiger partial charge < -0.3 is 19.1 Å². The van der Waals surface area contributed by atoms with Gasteiger partial charge in [-0.15, -0.1) is 8.78 Å². The zero-order valence-corrected chi connectivity index (χ0v) is 9.09. The number of halogens is 2. The van der Waals surface area contributed by atoms with Crippen molar-refractivity contribution in [3.8, 4) is 22.8 Å². The molecule has 3 rings (SSSR count). The number of aromatic nitrogens is 1. The van der Waals surface area contributed by atoms with Crippen LogP contribution in [0.4, 0.5) is 8.78 Å². The van der Waals surface area contributed by atoms with Gasteiger partial charge >= 0.3 is 12.3 Å². The van der Waals surface area contributed by atoms with Gasteiger partial charge in [0.05, 0.1) is 0 Å². The van der Waals surface area contributed by atoms with Gasteiger partial charge in [-0.3, -0.25) is 0 Å². The van der Waals surface area contributed by atoms with Crippen LogP contribution in [0, 0.1) is 0 Å². The standard InChI is InChI=1S/C11H5F2NO5/c12-11(13)17-7-2-1-5(3-8(7)18-11)6-4-9(10(15)16)19-14-6/h1-4H,(H,15,16). The van der Waals surface area contributed by atoms with Crippen LogP contribution < -0.4 is 9.47 Å². The molecule has 98 valence electrons. The van der Waals surface area contributed by atoms with Crippen molar-refractivity contribution >= 4 is 5.97 Å². The fourth-order valence-electron chi connectivity index (χ4n) is 1.62. The Kier molecular flexibility index (Phi) is 2.21. The Bertz CT molecular complexity index is 667. The van der Waals surface area contributed by atoms with Crippen LogP contribution in [0.2, 0.25) is 0 Å². The molecule has 6 nitrogen and oxygen atoms in total. The average Bonchev–Trinajstić information content (AvgIpc) is 2.89. The summed E-state index contributed by atoms with van der Waals surface area (Å²) in [6.07, 6.45) is -3.70. The van der Waals surface area contributed by atoms with Crippen LogP contribution in [0.5, 0.6) is 11.5 Å². The zero-order chi connectivity index (χ0) is 13.6. The molecule has 0 unspecified atom stereocenters. The molecule has 2 heterocycles. The first-order chi connectivity index (χ1) is 8.94. The Balaban J connectivity index is 1.97. The van der Waals surface area contributed by atoms with Crippen molar-refractivity contribution in [2.75, 3.05) is 0 Å². The van der Waals surface area contributed by atoms with Gasteiger partial charge in [-0.2, -0.15) is 0 Å². The average molecular weight is 269 g/mol. The molecular weight excluding hydrogens is 264 g/mol. The third kappa shape index (κ3) is 1.96. The smallest absolute Gasteiger partial charge is 0.475 e. The number of ether oxygens (including phenoxy) is 2. The Morgan fingerprint density at radius 1 is 1.21 bits per heavy atom. The lowest BCUT2D eigenvalue weighted by Crippen LogP contribution is -2.25. The molecule has 0 aliphatic carbocycles. The highest BCUT2D eigenvalue weighted by Crippen LogP contribution is 2.42. The molecule has 1 aliphatic heterocycles. The quantitative estimate of drug-likeness (QED) is 0.901. The number of alkyl halides is 2. The highest BCUT2D eigenvalue weighted by molar-refractivity contribution is 5.85. The number of carboxylic acid groups (broad SMARTS) is 1. The minimum Gasteiger partial charge on any atom is -0.475 e. The first kappa shape index (κ1) is 11.5. The molecule has 0 saturated heterocycles. The van der Waals surface area contributed by atoms with Gasteiger partial charge in [-0.05, 0) is 18.2 Å². The van der Waals surface area contributed by atoms with Gasteiger partial charge in [-0.25, -0.2) is 4.79 Å². The fraction of sp³-hybridized carbons (Fsp3) is 0.0909. The summed E-state index contributed by atoms with van der Waals surface area (Å²) in [5.74, 6) is -1.87. The van der Waals surface area contributed by atoms with E-state index in [2.05, 4.69) is 19.2 Å². The molecule has 0 spiro atoms. The van der Waals surface area contributed by atoms with E-state index in [-0.39, 0.29) is 23.0 Å². The third-order valence-corrected chi connectivity index (χ3v) is 2.42. The third-order valence-electron chi connectivity index (χ3n) is 2.42. The molecule has 1 aliphatic rings. The fourth-order valence-corrected chi connectivity index (χ4v) is 1.62. The molecule has 1 aromatic carbocycles. The molecule has 8 heteroatoms. The van der Waals surface area contributed by atoms with Crippen molar-refractivity contribution in [3.63, 3.8) is 0 Å². The van der Waals surface area contributed by atoms with Gasteiger partial charge in [0.1, 0.15) is 5.69 Å². The second-order valence-corrected chi connectivity index (χ2v) is 3.71. The molecule has 0 fully saturated rings. The second-order valence-electron chi connectivity index (χ2n) is 3.71. The Morgan fingerprint density at radius 2 is 1.95 bits per heavy atom. The molecular formula is C11H5F2NO5. The highest BCUT2D eigenvalue weighted by atomic mass is 19.3. The van der Waals surface area contributed by atoms with Crippen LogP contribution in [0.1, 0.15) is 10.6 Å². The summed E-state index contributed by atoms with van der Waals surface area (Å²) in [7, 11) is 0. The number of fused-ring (bicyclic) bond motifs is 1. The maximum absolute atomic E-state index is 12.8. The largest absolute Gasteiger partial charge is 0.586 e. The normalized spacial score (nSPS) is 15.5. The summed E-state index contributed by atoms with van der Waals surface area (Å²) in [4.78, 5) is 10.6. The summed E-state index contributed by atoms with van der Waals surface area (Å²) >= 11 is 0. The first-order valence-corrected chi connectivity index (χ1v) is 5.05. The van der Waals surface area contributed by atoms with Crippen molar-refractivity contribution in [3.05, 3.63) is 30.0 Å². The maximum atomic E-state index is 12.8. The van der Waals surface area contributed by atoms with E-state index in [0.29, 0.717) is 5.56 Å². The molecule has 0 saturated carbocycles. The summed E-state index contributed by atoms with van der Waals surface area (Å²) in [6, 6.07) is 5.16. The van der Waals surface area contributed by atoms with E-state index in [1.54, 1.807) is 0 Å². The lowest BCUT2D eigenvalue weighted by molar-refractivity contribution is -0.286. The lowest BCUT2D eigenvalue weighted by atomic mass is 10.1. The van der Waals surface area contributed by atoms with Crippen LogP contribution in [0.25, 0.3) is 11.3 Å². The molecule has 0 atom stereocenters.